The molecule has 16 rings (SSSR count). The van der Waals surface area contributed by atoms with E-state index in [-0.39, 0.29) is 0 Å². The van der Waals surface area contributed by atoms with E-state index in [2.05, 4.69) is 150 Å². The normalized spacial score (nSPS) is 11.3. The monoisotopic (exact) mass is 1140 g/mol. The van der Waals surface area contributed by atoms with Gasteiger partial charge in [-0.15, -0.1) is 22.7 Å². The van der Waals surface area contributed by atoms with Crippen molar-refractivity contribution in [2.75, 3.05) is 0 Å². The minimum absolute atomic E-state index is 0.649. The molecule has 1 N–H and O–H groups in total. The number of nitrogens with one attached hydrogen (secondary N) is 1. The molecule has 0 fully saturated rings. The topological polar surface area (TPSA) is 98.1 Å². The van der Waals surface area contributed by atoms with Crippen molar-refractivity contribution in [2.45, 2.75) is 0 Å². The van der Waals surface area contributed by atoms with Gasteiger partial charge in [0.15, 0.2) is 34.9 Å². The Morgan fingerprint density at radius 2 is 0.741 bits per heavy atom. The van der Waals surface area contributed by atoms with E-state index in [0.29, 0.717) is 34.9 Å². The molecule has 8 nitrogen and oxygen atoms in total. The third-order valence-electron chi connectivity index (χ3n) is 14.2. The lowest BCUT2D eigenvalue weighted by Gasteiger charge is -2.11. The summed E-state index contributed by atoms with van der Waals surface area (Å²) >= 11 is 7.10. The minimum atomic E-state index is 0.649. The molecule has 11 heteroatoms. The van der Waals surface area contributed by atoms with Gasteiger partial charge in [0.2, 0.25) is 0 Å². The van der Waals surface area contributed by atoms with Crippen molar-refractivity contribution >= 4 is 102 Å². The van der Waals surface area contributed by atoms with Crippen LogP contribution in [0.25, 0.3) is 138 Å². The summed E-state index contributed by atoms with van der Waals surface area (Å²) < 4.78 is 6.00. The van der Waals surface area contributed by atoms with E-state index in [1.807, 2.05) is 146 Å². The van der Waals surface area contributed by atoms with Crippen LogP contribution in [0.5, 0.6) is 0 Å². The standard InChI is InChI=1S/C35H22N4S.C21H14BrN3.C14H9NS/c1-3-10-23(11-4-1)33-36-34(24-12-5-2-6-13-24)38-35(37-33)26-14-9-15-27(20-26)39-30-17-8-7-16-28(30)29-22-32-25(18-19-40-32)21-31(29)39;22-18-13-7-12-17(14-18)21-24-19(15-8-3-1-4-9-15)23-20(25-21)16-10-5-2-6-11-16;1-2-4-12-10(3-1)11-8-14-9(5-6-16-14)7-13(11)15-12/h1-22H;1-14H;1-8,15H. The van der Waals surface area contributed by atoms with Crippen LogP contribution in [0, 0.1) is 0 Å². The van der Waals surface area contributed by atoms with E-state index in [4.69, 9.17) is 24.9 Å². The van der Waals surface area contributed by atoms with Crippen LogP contribution in [0.1, 0.15) is 0 Å². The molecule has 6 aromatic heterocycles. The molecule has 0 atom stereocenters. The van der Waals surface area contributed by atoms with E-state index in [9.17, 15) is 0 Å². The van der Waals surface area contributed by atoms with Gasteiger partial charge in [0.25, 0.3) is 0 Å². The van der Waals surface area contributed by atoms with Crippen LogP contribution in [-0.4, -0.2) is 39.5 Å². The zero-order valence-corrected chi connectivity index (χ0v) is 46.4. The SMILES string of the molecule is Brc1cccc(-c2nc(-c3ccccc3)nc(-c3ccccc3)n2)c1.c1ccc(-c2nc(-c3ccccc3)nc(-c3cccc(-n4c5ccccc5c5cc6sccc6cc54)c3)n2)cc1.c1ccc2c(c1)[nH]c1cc3ccsc3cc12. The number of rotatable bonds is 7. The molecule has 0 bridgehead atoms. The lowest BCUT2D eigenvalue weighted by atomic mass is 10.1. The third kappa shape index (κ3) is 10.1. The predicted molar refractivity (Wildman–Crippen MR) is 341 cm³/mol. The second-order valence-corrected chi connectivity index (χ2v) is 22.2. The van der Waals surface area contributed by atoms with Crippen molar-refractivity contribution in [3.05, 3.63) is 270 Å². The second kappa shape index (κ2) is 21.8. The number of benzene rings is 10. The van der Waals surface area contributed by atoms with Crippen molar-refractivity contribution in [3.63, 3.8) is 0 Å². The summed E-state index contributed by atoms with van der Waals surface area (Å²) in [6, 6.07) is 87.2. The van der Waals surface area contributed by atoms with Crippen molar-refractivity contribution in [3.8, 4) is 74.0 Å². The fraction of sp³-hybridized carbons (Fsp3) is 0. The van der Waals surface area contributed by atoms with Gasteiger partial charge in [0.05, 0.1) is 11.0 Å². The average molecular weight is 1140 g/mol. The zero-order valence-electron chi connectivity index (χ0n) is 43.2. The number of nitrogens with zero attached hydrogens (tertiary/aromatic N) is 7. The molecule has 0 aliphatic rings. The summed E-state index contributed by atoms with van der Waals surface area (Å²) in [5.74, 6) is 3.97. The summed E-state index contributed by atoms with van der Waals surface area (Å²) in [5.41, 5.74) is 11.6. The van der Waals surface area contributed by atoms with Gasteiger partial charge >= 0.3 is 0 Å². The molecule has 0 saturated heterocycles. The maximum absolute atomic E-state index is 4.95. The highest BCUT2D eigenvalue weighted by Crippen LogP contribution is 2.38. The van der Waals surface area contributed by atoms with E-state index in [1.54, 1.807) is 22.7 Å². The summed E-state index contributed by atoms with van der Waals surface area (Å²) in [7, 11) is 0. The van der Waals surface area contributed by atoms with E-state index in [1.165, 1.54) is 63.8 Å². The van der Waals surface area contributed by atoms with Gasteiger partial charge in [-0.3, -0.25) is 0 Å². The first-order chi connectivity index (χ1) is 40.0. The van der Waals surface area contributed by atoms with Gasteiger partial charge in [-0.25, -0.2) is 29.9 Å². The molecule has 0 unspecified atom stereocenters. The van der Waals surface area contributed by atoms with E-state index in [0.717, 1.165) is 43.5 Å². The Balaban J connectivity index is 0.000000121. The number of hydrogen-bond acceptors (Lipinski definition) is 8. The highest BCUT2D eigenvalue weighted by molar-refractivity contribution is 9.10. The zero-order chi connectivity index (χ0) is 54.1. The molecular formula is C70H45BrN8S2. The Hall–Kier alpha value is -9.78. The molecule has 81 heavy (non-hydrogen) atoms. The number of para-hydroxylation sites is 2. The van der Waals surface area contributed by atoms with Gasteiger partial charge in [0.1, 0.15) is 0 Å². The van der Waals surface area contributed by atoms with Crippen LogP contribution in [0.2, 0.25) is 0 Å². The van der Waals surface area contributed by atoms with Crippen LogP contribution in [0.15, 0.2) is 270 Å². The second-order valence-electron chi connectivity index (χ2n) is 19.3. The number of fused-ring (bicyclic) bond motifs is 8. The van der Waals surface area contributed by atoms with Crippen LogP contribution in [0.4, 0.5) is 0 Å². The lowest BCUT2D eigenvalue weighted by molar-refractivity contribution is 1.07. The van der Waals surface area contributed by atoms with Crippen molar-refractivity contribution in [1.29, 1.82) is 0 Å². The molecule has 0 radical (unpaired) electrons. The van der Waals surface area contributed by atoms with Gasteiger partial charge in [-0.2, -0.15) is 0 Å². The molecular weight excluding hydrogens is 1100 g/mol. The van der Waals surface area contributed by atoms with Crippen LogP contribution in [0.3, 0.4) is 0 Å². The summed E-state index contributed by atoms with van der Waals surface area (Å²) in [6.45, 7) is 0. The molecule has 0 aliphatic heterocycles. The third-order valence-corrected chi connectivity index (χ3v) is 16.4. The maximum Gasteiger partial charge on any atom is 0.164 e. The smallest absolute Gasteiger partial charge is 0.164 e. The number of H-pyrrole nitrogens is 1. The number of aromatic nitrogens is 8. The van der Waals surface area contributed by atoms with Gasteiger partial charge in [-0.1, -0.05) is 198 Å². The average Bonchev–Trinajstić information content (AvgIpc) is 4.07. The van der Waals surface area contributed by atoms with Gasteiger partial charge in [-0.05, 0) is 94.3 Å². The summed E-state index contributed by atoms with van der Waals surface area (Å²) in [6.07, 6.45) is 0. The molecule has 0 spiro atoms. The van der Waals surface area contributed by atoms with Gasteiger partial charge in [0, 0.05) is 85.5 Å². The first kappa shape index (κ1) is 49.5. The number of halogens is 1. The highest BCUT2D eigenvalue weighted by Gasteiger charge is 2.18. The predicted octanol–water partition coefficient (Wildman–Crippen LogP) is 19.4. The van der Waals surface area contributed by atoms with Crippen molar-refractivity contribution < 1.29 is 0 Å². The largest absolute Gasteiger partial charge is 0.354 e. The molecule has 384 valence electrons. The molecule has 0 aliphatic carbocycles. The lowest BCUT2D eigenvalue weighted by Crippen LogP contribution is -2.01. The minimum Gasteiger partial charge on any atom is -0.354 e. The Labute approximate surface area is 482 Å². The number of thiophene rings is 2. The number of aromatic amines is 1. The van der Waals surface area contributed by atoms with E-state index < -0.39 is 0 Å². The number of hydrogen-bond donors (Lipinski definition) is 1. The van der Waals surface area contributed by atoms with Crippen molar-refractivity contribution in [1.82, 2.24) is 39.5 Å². The Bertz CT molecular complexity index is 4790. The van der Waals surface area contributed by atoms with Crippen LogP contribution in [-0.2, 0) is 0 Å². The fourth-order valence-electron chi connectivity index (χ4n) is 10.3. The quantitative estimate of drug-likeness (QED) is 0.171. The Morgan fingerprint density at radius 1 is 0.309 bits per heavy atom. The molecule has 16 aromatic rings. The Kier molecular flexibility index (Phi) is 13.3. The van der Waals surface area contributed by atoms with Crippen LogP contribution >= 0.6 is 38.6 Å². The van der Waals surface area contributed by atoms with Gasteiger partial charge < -0.3 is 9.55 Å². The molecule has 6 heterocycles. The first-order valence-electron chi connectivity index (χ1n) is 26.4. The van der Waals surface area contributed by atoms with Crippen molar-refractivity contribution in [2.24, 2.45) is 0 Å². The Morgan fingerprint density at radius 3 is 1.28 bits per heavy atom. The molecule has 0 saturated carbocycles. The summed E-state index contributed by atoms with van der Waals surface area (Å²) in [4.78, 5) is 32.3. The molecule has 0 amide bonds. The molecule has 10 aromatic carbocycles. The maximum atomic E-state index is 4.95. The first-order valence-corrected chi connectivity index (χ1v) is 29.0. The highest BCUT2D eigenvalue weighted by atomic mass is 79.9. The van der Waals surface area contributed by atoms with Crippen LogP contribution < -0.4 is 0 Å². The fourth-order valence-corrected chi connectivity index (χ4v) is 12.3. The van der Waals surface area contributed by atoms with E-state index >= 15 is 0 Å². The summed E-state index contributed by atoms with van der Waals surface area (Å²) in [5, 5.41) is 12.0.